The molecule has 0 aliphatic heterocycles. The van der Waals surface area contributed by atoms with E-state index in [2.05, 4.69) is 5.32 Å². The van der Waals surface area contributed by atoms with Crippen molar-refractivity contribution < 1.29 is 9.59 Å². The molecule has 1 heterocycles. The van der Waals surface area contributed by atoms with E-state index in [1.807, 2.05) is 54.8 Å². The van der Waals surface area contributed by atoms with Crippen LogP contribution in [0.25, 0.3) is 5.69 Å². The van der Waals surface area contributed by atoms with E-state index in [0.717, 1.165) is 17.1 Å². The fourth-order valence-corrected chi connectivity index (χ4v) is 2.96. The molecule has 0 aliphatic carbocycles. The zero-order valence-electron chi connectivity index (χ0n) is 14.1. The second-order valence-electron chi connectivity index (χ2n) is 5.82. The van der Waals surface area contributed by atoms with Crippen molar-refractivity contribution in [1.29, 1.82) is 0 Å². The monoisotopic (exact) mass is 333 g/mol. The lowest BCUT2D eigenvalue weighted by molar-refractivity contribution is 0.100. The summed E-state index contributed by atoms with van der Waals surface area (Å²) in [5.74, 6) is -0.852. The van der Waals surface area contributed by atoms with E-state index in [1.165, 1.54) is 0 Å². The highest BCUT2D eigenvalue weighted by molar-refractivity contribution is 6.09. The van der Waals surface area contributed by atoms with Gasteiger partial charge in [0.05, 0.1) is 16.8 Å². The number of primary amides is 1. The Labute approximate surface area is 146 Å². The minimum absolute atomic E-state index is 0.274. The zero-order chi connectivity index (χ0) is 18.0. The highest BCUT2D eigenvalue weighted by atomic mass is 16.2. The first kappa shape index (κ1) is 16.5. The molecule has 0 aliphatic rings. The van der Waals surface area contributed by atoms with Crippen LogP contribution in [-0.2, 0) is 0 Å². The van der Waals surface area contributed by atoms with Crippen molar-refractivity contribution in [3.63, 3.8) is 0 Å². The van der Waals surface area contributed by atoms with E-state index in [-0.39, 0.29) is 11.5 Å². The van der Waals surface area contributed by atoms with E-state index in [1.54, 1.807) is 24.3 Å². The number of nitrogens with one attached hydrogen (secondary N) is 1. The summed E-state index contributed by atoms with van der Waals surface area (Å²) < 4.78 is 2.02. The first-order chi connectivity index (χ1) is 12.0. The van der Waals surface area contributed by atoms with E-state index < -0.39 is 5.91 Å². The topological polar surface area (TPSA) is 77.1 Å². The average molecular weight is 333 g/mol. The van der Waals surface area contributed by atoms with Crippen molar-refractivity contribution in [2.75, 3.05) is 5.32 Å². The average Bonchev–Trinajstić information content (AvgIpc) is 2.90. The molecule has 126 valence electrons. The van der Waals surface area contributed by atoms with Gasteiger partial charge in [0.2, 0.25) is 0 Å². The summed E-state index contributed by atoms with van der Waals surface area (Å²) in [7, 11) is 0. The number of anilines is 1. The highest BCUT2D eigenvalue weighted by Crippen LogP contribution is 2.22. The smallest absolute Gasteiger partial charge is 0.257 e. The molecule has 3 rings (SSSR count). The lowest BCUT2D eigenvalue weighted by Gasteiger charge is -2.11. The summed E-state index contributed by atoms with van der Waals surface area (Å²) in [5.41, 5.74) is 9.40. The van der Waals surface area contributed by atoms with Crippen LogP contribution in [0.15, 0.2) is 60.7 Å². The Morgan fingerprint density at radius 1 is 0.920 bits per heavy atom. The Morgan fingerprint density at radius 3 is 2.24 bits per heavy atom. The predicted molar refractivity (Wildman–Crippen MR) is 98.2 cm³/mol. The van der Waals surface area contributed by atoms with Crippen molar-refractivity contribution in [3.05, 3.63) is 83.2 Å². The molecule has 0 bridgehead atoms. The molecule has 0 saturated heterocycles. The molecule has 0 atom stereocenters. The minimum atomic E-state index is -0.578. The van der Waals surface area contributed by atoms with Gasteiger partial charge in [0.25, 0.3) is 11.8 Å². The molecule has 2 aromatic carbocycles. The third-order valence-corrected chi connectivity index (χ3v) is 4.13. The van der Waals surface area contributed by atoms with Crippen LogP contribution in [0.5, 0.6) is 0 Å². The van der Waals surface area contributed by atoms with Crippen molar-refractivity contribution >= 4 is 17.5 Å². The summed E-state index contributed by atoms with van der Waals surface area (Å²) >= 11 is 0. The Bertz CT molecular complexity index is 943. The second-order valence-corrected chi connectivity index (χ2v) is 5.82. The summed E-state index contributed by atoms with van der Waals surface area (Å²) in [4.78, 5) is 24.2. The molecular formula is C20H19N3O2. The third kappa shape index (κ3) is 3.17. The van der Waals surface area contributed by atoms with Crippen molar-refractivity contribution in [2.45, 2.75) is 13.8 Å². The molecule has 25 heavy (non-hydrogen) atoms. The summed E-state index contributed by atoms with van der Waals surface area (Å²) in [6.07, 6.45) is 0. The number of carbonyl (C=O) groups is 2. The number of aromatic nitrogens is 1. The number of rotatable bonds is 4. The number of nitrogens with two attached hydrogens (primary N) is 1. The van der Waals surface area contributed by atoms with Gasteiger partial charge in [0, 0.05) is 17.1 Å². The number of amides is 2. The number of benzene rings is 2. The van der Waals surface area contributed by atoms with Crippen LogP contribution >= 0.6 is 0 Å². The number of carbonyl (C=O) groups excluding carboxylic acids is 2. The van der Waals surface area contributed by atoms with E-state index in [4.69, 9.17) is 5.73 Å². The summed E-state index contributed by atoms with van der Waals surface area (Å²) in [6, 6.07) is 18.4. The lowest BCUT2D eigenvalue weighted by atomic mass is 10.1. The van der Waals surface area contributed by atoms with Crippen molar-refractivity contribution in [3.8, 4) is 5.69 Å². The fraction of sp³-hybridized carbons (Fsp3) is 0.100. The molecule has 3 aromatic rings. The predicted octanol–water partition coefficient (Wildman–Crippen LogP) is 3.45. The van der Waals surface area contributed by atoms with Gasteiger partial charge >= 0.3 is 0 Å². The molecule has 0 unspecified atom stereocenters. The van der Waals surface area contributed by atoms with Crippen molar-refractivity contribution in [1.82, 2.24) is 4.57 Å². The third-order valence-electron chi connectivity index (χ3n) is 4.13. The first-order valence-corrected chi connectivity index (χ1v) is 7.93. The Balaban J connectivity index is 1.96. The van der Waals surface area contributed by atoms with Gasteiger partial charge in [-0.3, -0.25) is 9.59 Å². The molecule has 5 nitrogen and oxygen atoms in total. The van der Waals surface area contributed by atoms with Gasteiger partial charge in [-0.15, -0.1) is 0 Å². The zero-order valence-corrected chi connectivity index (χ0v) is 14.1. The van der Waals surface area contributed by atoms with Crippen LogP contribution in [0, 0.1) is 13.8 Å². The lowest BCUT2D eigenvalue weighted by Crippen LogP contribution is -2.18. The molecular weight excluding hydrogens is 314 g/mol. The number of nitrogens with zero attached hydrogens (tertiary/aromatic N) is 1. The largest absolute Gasteiger partial charge is 0.366 e. The summed E-state index contributed by atoms with van der Waals surface area (Å²) in [6.45, 7) is 3.85. The van der Waals surface area contributed by atoms with Crippen LogP contribution in [-0.4, -0.2) is 16.4 Å². The molecule has 0 saturated carbocycles. The van der Waals surface area contributed by atoms with Crippen LogP contribution in [0.4, 0.5) is 5.69 Å². The molecule has 0 fully saturated rings. The second kappa shape index (κ2) is 6.65. The Hall–Kier alpha value is -3.34. The standard InChI is InChI=1S/C20H19N3O2/c1-13-12-17(14(2)23(13)15-8-4-3-5-9-15)20(25)22-18-11-7-6-10-16(18)19(21)24/h3-12H,1-2H3,(H2,21,24)(H,22,25). The van der Waals surface area contributed by atoms with E-state index in [9.17, 15) is 9.59 Å². The number of para-hydroxylation sites is 2. The van der Waals surface area contributed by atoms with Gasteiger partial charge in [0.15, 0.2) is 0 Å². The van der Waals surface area contributed by atoms with Crippen LogP contribution < -0.4 is 11.1 Å². The SMILES string of the molecule is Cc1cc(C(=O)Nc2ccccc2C(N)=O)c(C)n1-c1ccccc1. The maximum absolute atomic E-state index is 12.7. The molecule has 2 amide bonds. The number of hydrogen-bond acceptors (Lipinski definition) is 2. The van der Waals surface area contributed by atoms with Gasteiger partial charge in [-0.05, 0) is 44.2 Å². The van der Waals surface area contributed by atoms with Crippen molar-refractivity contribution in [2.24, 2.45) is 5.73 Å². The molecule has 5 heteroatoms. The van der Waals surface area contributed by atoms with Gasteiger partial charge in [0.1, 0.15) is 0 Å². The van der Waals surface area contributed by atoms with Gasteiger partial charge in [-0.2, -0.15) is 0 Å². The highest BCUT2D eigenvalue weighted by Gasteiger charge is 2.18. The Morgan fingerprint density at radius 2 is 1.56 bits per heavy atom. The van der Waals surface area contributed by atoms with E-state index >= 15 is 0 Å². The molecule has 0 radical (unpaired) electrons. The normalized spacial score (nSPS) is 10.5. The number of aryl methyl sites for hydroxylation is 1. The maximum Gasteiger partial charge on any atom is 0.257 e. The van der Waals surface area contributed by atoms with Gasteiger partial charge in [-0.25, -0.2) is 0 Å². The molecule has 0 spiro atoms. The molecule has 1 aromatic heterocycles. The minimum Gasteiger partial charge on any atom is -0.366 e. The van der Waals surface area contributed by atoms with Crippen LogP contribution in [0.1, 0.15) is 32.1 Å². The van der Waals surface area contributed by atoms with Gasteiger partial charge in [-0.1, -0.05) is 30.3 Å². The summed E-state index contributed by atoms with van der Waals surface area (Å²) in [5, 5.41) is 2.79. The Kier molecular flexibility index (Phi) is 4.39. The van der Waals surface area contributed by atoms with Gasteiger partial charge < -0.3 is 15.6 Å². The fourth-order valence-electron chi connectivity index (χ4n) is 2.96. The first-order valence-electron chi connectivity index (χ1n) is 7.93. The van der Waals surface area contributed by atoms with Crippen LogP contribution in [0.3, 0.4) is 0 Å². The van der Waals surface area contributed by atoms with E-state index in [0.29, 0.717) is 11.3 Å². The quantitative estimate of drug-likeness (QED) is 0.767. The molecule has 3 N–H and O–H groups in total. The maximum atomic E-state index is 12.7. The van der Waals surface area contributed by atoms with Crippen LogP contribution in [0.2, 0.25) is 0 Å². The number of hydrogen-bond donors (Lipinski definition) is 2.